The fourth-order valence-corrected chi connectivity index (χ4v) is 2.86. The SMILES string of the molecule is COc1cc(/C=C2\C(=O)Nc3ccc(Br)cc32)ccc1OCC(=O)[O-]. The van der Waals surface area contributed by atoms with Crippen LogP contribution in [0.3, 0.4) is 0 Å². The fraction of sp³-hybridized carbons (Fsp3) is 0.111. The van der Waals surface area contributed by atoms with Crippen molar-refractivity contribution in [2.75, 3.05) is 19.0 Å². The first kappa shape index (κ1) is 17.0. The molecule has 1 N–H and O–H groups in total. The number of ether oxygens (including phenoxy) is 2. The number of aliphatic carboxylic acids is 1. The third-order valence-corrected chi connectivity index (χ3v) is 4.10. The van der Waals surface area contributed by atoms with E-state index in [0.717, 1.165) is 21.3 Å². The molecule has 2 aromatic rings. The van der Waals surface area contributed by atoms with Crippen molar-refractivity contribution in [3.63, 3.8) is 0 Å². The molecule has 0 atom stereocenters. The highest BCUT2D eigenvalue weighted by molar-refractivity contribution is 9.10. The maximum absolute atomic E-state index is 12.2. The van der Waals surface area contributed by atoms with E-state index < -0.39 is 12.6 Å². The van der Waals surface area contributed by atoms with Gasteiger partial charge in [-0.15, -0.1) is 0 Å². The number of halogens is 1. The number of carboxylic acids is 1. The molecule has 1 heterocycles. The molecule has 0 spiro atoms. The van der Waals surface area contributed by atoms with Gasteiger partial charge in [-0.3, -0.25) is 4.79 Å². The highest BCUT2D eigenvalue weighted by Gasteiger charge is 2.24. The van der Waals surface area contributed by atoms with Crippen molar-refractivity contribution in [3.05, 3.63) is 52.0 Å². The summed E-state index contributed by atoms with van der Waals surface area (Å²) in [7, 11) is 1.45. The van der Waals surface area contributed by atoms with Crippen LogP contribution in [0.2, 0.25) is 0 Å². The summed E-state index contributed by atoms with van der Waals surface area (Å²) in [4.78, 5) is 22.7. The summed E-state index contributed by atoms with van der Waals surface area (Å²) < 4.78 is 11.2. The quantitative estimate of drug-likeness (QED) is 0.773. The van der Waals surface area contributed by atoms with Crippen LogP contribution in [0, 0.1) is 0 Å². The van der Waals surface area contributed by atoms with Gasteiger partial charge in [0.25, 0.3) is 5.91 Å². The molecule has 0 unspecified atom stereocenters. The summed E-state index contributed by atoms with van der Waals surface area (Å²) in [6.45, 7) is -0.569. The van der Waals surface area contributed by atoms with Gasteiger partial charge in [0, 0.05) is 21.3 Å². The smallest absolute Gasteiger partial charge is 0.256 e. The van der Waals surface area contributed by atoms with Crippen molar-refractivity contribution in [1.29, 1.82) is 0 Å². The molecule has 0 aromatic heterocycles. The monoisotopic (exact) mass is 402 g/mol. The second-order valence-corrected chi connectivity index (χ2v) is 6.19. The van der Waals surface area contributed by atoms with E-state index >= 15 is 0 Å². The number of amides is 1. The largest absolute Gasteiger partial charge is 0.546 e. The Morgan fingerprint density at radius 3 is 2.76 bits per heavy atom. The number of anilines is 1. The molecular weight excluding hydrogens is 390 g/mol. The number of rotatable bonds is 5. The molecule has 1 aliphatic heterocycles. The van der Waals surface area contributed by atoms with Crippen molar-refractivity contribution >= 4 is 45.1 Å². The van der Waals surface area contributed by atoms with E-state index in [1.54, 1.807) is 24.3 Å². The minimum atomic E-state index is -1.32. The van der Waals surface area contributed by atoms with Crippen LogP contribution in [0.1, 0.15) is 11.1 Å². The minimum absolute atomic E-state index is 0.190. The second kappa shape index (κ2) is 6.98. The number of fused-ring (bicyclic) bond motifs is 1. The lowest BCUT2D eigenvalue weighted by atomic mass is 10.0. The van der Waals surface area contributed by atoms with Crippen LogP contribution in [0.5, 0.6) is 11.5 Å². The first-order chi connectivity index (χ1) is 12.0. The molecule has 0 fully saturated rings. The fourth-order valence-electron chi connectivity index (χ4n) is 2.50. The van der Waals surface area contributed by atoms with Gasteiger partial charge in [-0.25, -0.2) is 0 Å². The summed E-state index contributed by atoms with van der Waals surface area (Å²) in [5.74, 6) is -0.862. The van der Waals surface area contributed by atoms with Crippen molar-refractivity contribution in [3.8, 4) is 11.5 Å². The average Bonchev–Trinajstić information content (AvgIpc) is 2.88. The topological polar surface area (TPSA) is 87.7 Å². The third kappa shape index (κ3) is 3.66. The molecule has 1 aliphatic rings. The normalized spacial score (nSPS) is 14.2. The average molecular weight is 403 g/mol. The van der Waals surface area contributed by atoms with Crippen LogP contribution in [-0.2, 0) is 9.59 Å². The van der Waals surface area contributed by atoms with Crippen molar-refractivity contribution < 1.29 is 24.2 Å². The predicted molar refractivity (Wildman–Crippen MR) is 94.1 cm³/mol. The lowest BCUT2D eigenvalue weighted by Crippen LogP contribution is -2.29. The number of hydrogen-bond donors (Lipinski definition) is 1. The van der Waals surface area contributed by atoms with Gasteiger partial charge in [-0.2, -0.15) is 0 Å². The zero-order valence-corrected chi connectivity index (χ0v) is 14.8. The third-order valence-electron chi connectivity index (χ3n) is 3.61. The Morgan fingerprint density at radius 2 is 2.04 bits per heavy atom. The Bertz CT molecular complexity index is 891. The summed E-state index contributed by atoms with van der Waals surface area (Å²) in [5.41, 5.74) is 2.80. The van der Waals surface area contributed by atoms with Crippen molar-refractivity contribution in [2.24, 2.45) is 0 Å². The van der Waals surface area contributed by atoms with Crippen LogP contribution in [0.15, 0.2) is 40.9 Å². The van der Waals surface area contributed by atoms with E-state index in [1.807, 2.05) is 18.2 Å². The summed E-state index contributed by atoms with van der Waals surface area (Å²) in [6.07, 6.45) is 1.73. The number of nitrogens with one attached hydrogen (secondary N) is 1. The summed E-state index contributed by atoms with van der Waals surface area (Å²) in [5, 5.41) is 13.3. The number of carbonyl (C=O) groups is 2. The molecule has 0 saturated carbocycles. The van der Waals surface area contributed by atoms with Gasteiger partial charge in [-0.05, 0) is 42.0 Å². The van der Waals surface area contributed by atoms with Crippen LogP contribution >= 0.6 is 15.9 Å². The summed E-state index contributed by atoms with van der Waals surface area (Å²) >= 11 is 3.40. The van der Waals surface area contributed by atoms with Gasteiger partial charge in [0.2, 0.25) is 0 Å². The standard InChI is InChI=1S/C18H14BrNO5/c1-24-16-7-10(2-5-15(16)25-9-17(21)22)6-13-12-8-11(19)3-4-14(12)20-18(13)23/h2-8H,9H2,1H3,(H,20,23)(H,21,22)/p-1/b13-6-. The van der Waals surface area contributed by atoms with Gasteiger partial charge >= 0.3 is 0 Å². The van der Waals surface area contributed by atoms with Crippen LogP contribution in [0.25, 0.3) is 11.6 Å². The van der Waals surface area contributed by atoms with Gasteiger partial charge < -0.3 is 24.7 Å². The van der Waals surface area contributed by atoms with E-state index in [2.05, 4.69) is 21.2 Å². The molecule has 0 bridgehead atoms. The van der Waals surface area contributed by atoms with E-state index in [9.17, 15) is 14.7 Å². The zero-order chi connectivity index (χ0) is 18.0. The van der Waals surface area contributed by atoms with Gasteiger partial charge in [-0.1, -0.05) is 22.0 Å². The lowest BCUT2D eigenvalue weighted by molar-refractivity contribution is -0.307. The van der Waals surface area contributed by atoms with E-state index in [-0.39, 0.29) is 11.7 Å². The first-order valence-corrected chi connectivity index (χ1v) is 8.11. The maximum Gasteiger partial charge on any atom is 0.256 e. The number of methoxy groups -OCH3 is 1. The second-order valence-electron chi connectivity index (χ2n) is 5.27. The maximum atomic E-state index is 12.2. The molecule has 0 saturated heterocycles. The van der Waals surface area contributed by atoms with Gasteiger partial charge in [0.15, 0.2) is 11.5 Å². The number of benzene rings is 2. The predicted octanol–water partition coefficient (Wildman–Crippen LogP) is 2.08. The van der Waals surface area contributed by atoms with Crippen LogP contribution in [0.4, 0.5) is 5.69 Å². The molecule has 2 aromatic carbocycles. The Balaban J connectivity index is 1.95. The van der Waals surface area contributed by atoms with Crippen LogP contribution < -0.4 is 19.9 Å². The number of hydrogen-bond acceptors (Lipinski definition) is 5. The minimum Gasteiger partial charge on any atom is -0.546 e. The Kier molecular flexibility index (Phi) is 4.76. The highest BCUT2D eigenvalue weighted by Crippen LogP contribution is 2.36. The Hall–Kier alpha value is -2.80. The zero-order valence-electron chi connectivity index (χ0n) is 13.2. The van der Waals surface area contributed by atoms with Crippen molar-refractivity contribution in [2.45, 2.75) is 0 Å². The molecule has 128 valence electrons. The Morgan fingerprint density at radius 1 is 1.24 bits per heavy atom. The molecule has 1 amide bonds. The highest BCUT2D eigenvalue weighted by atomic mass is 79.9. The molecule has 6 nitrogen and oxygen atoms in total. The molecular formula is C18H13BrNO5-. The molecule has 0 radical (unpaired) electrons. The number of carboxylic acid groups (broad SMARTS) is 1. The van der Waals surface area contributed by atoms with Crippen LogP contribution in [-0.4, -0.2) is 25.6 Å². The molecule has 25 heavy (non-hydrogen) atoms. The first-order valence-electron chi connectivity index (χ1n) is 7.31. The number of carbonyl (C=O) groups excluding carboxylic acids is 2. The van der Waals surface area contributed by atoms with Gasteiger partial charge in [0.1, 0.15) is 6.61 Å². The van der Waals surface area contributed by atoms with Gasteiger partial charge in [0.05, 0.1) is 13.1 Å². The van der Waals surface area contributed by atoms with E-state index in [1.165, 1.54) is 7.11 Å². The summed E-state index contributed by atoms with van der Waals surface area (Å²) in [6, 6.07) is 10.5. The Labute approximate surface area is 152 Å². The molecule has 0 aliphatic carbocycles. The molecule has 7 heteroatoms. The van der Waals surface area contributed by atoms with E-state index in [0.29, 0.717) is 11.3 Å². The molecule has 3 rings (SSSR count). The van der Waals surface area contributed by atoms with Crippen molar-refractivity contribution in [1.82, 2.24) is 0 Å². The van der Waals surface area contributed by atoms with E-state index in [4.69, 9.17) is 9.47 Å². The lowest BCUT2D eigenvalue weighted by Gasteiger charge is -2.11.